The largest absolute Gasteiger partial charge is 0.393 e. The summed E-state index contributed by atoms with van der Waals surface area (Å²) in [5, 5.41) is 9.89. The average Bonchev–Trinajstić information content (AvgIpc) is 2.41. The molecular formula is C12H23NO. The van der Waals surface area contributed by atoms with E-state index in [1.807, 2.05) is 0 Å². The van der Waals surface area contributed by atoms with Gasteiger partial charge in [0, 0.05) is 0 Å². The van der Waals surface area contributed by atoms with Crippen LogP contribution >= 0.6 is 0 Å². The lowest BCUT2D eigenvalue weighted by Crippen LogP contribution is -2.44. The number of aliphatic hydroxyl groups is 1. The van der Waals surface area contributed by atoms with Crippen LogP contribution in [0.4, 0.5) is 0 Å². The second-order valence-corrected chi connectivity index (χ2v) is 5.68. The monoisotopic (exact) mass is 197 g/mol. The molecule has 0 aromatic heterocycles. The van der Waals surface area contributed by atoms with Crippen LogP contribution in [0.1, 0.15) is 39.5 Å². The van der Waals surface area contributed by atoms with E-state index in [4.69, 9.17) is 5.73 Å². The molecule has 2 saturated carbocycles. The lowest BCUT2D eigenvalue weighted by molar-refractivity contribution is -0.0252. The molecule has 5 atom stereocenters. The molecule has 2 fully saturated rings. The average molecular weight is 197 g/mol. The molecule has 2 heteroatoms. The number of rotatable bonds is 1. The van der Waals surface area contributed by atoms with E-state index in [-0.39, 0.29) is 6.10 Å². The van der Waals surface area contributed by atoms with Crippen molar-refractivity contribution in [2.24, 2.45) is 28.9 Å². The van der Waals surface area contributed by atoms with Gasteiger partial charge in [-0.2, -0.15) is 0 Å². The van der Waals surface area contributed by atoms with E-state index in [0.717, 1.165) is 31.2 Å². The standard InChI is InChI=1S/C12H23NO/c1-8-3-4-11-9(7-13)5-10(14)6-12(8,11)2/h8-11,14H,3-7,13H2,1-2H3/t8?,9-,10?,11-,12+/m0/s1. The summed E-state index contributed by atoms with van der Waals surface area (Å²) in [4.78, 5) is 0. The highest BCUT2D eigenvalue weighted by atomic mass is 16.3. The highest BCUT2D eigenvalue weighted by Gasteiger charge is 2.51. The predicted molar refractivity (Wildman–Crippen MR) is 57.8 cm³/mol. The Hall–Kier alpha value is -0.0800. The molecule has 2 rings (SSSR count). The van der Waals surface area contributed by atoms with Crippen molar-refractivity contribution < 1.29 is 5.11 Å². The summed E-state index contributed by atoms with van der Waals surface area (Å²) in [5.74, 6) is 2.09. The van der Waals surface area contributed by atoms with Crippen molar-refractivity contribution >= 4 is 0 Å². The molecule has 0 aliphatic heterocycles. The minimum absolute atomic E-state index is 0.106. The predicted octanol–water partition coefficient (Wildman–Crippen LogP) is 1.77. The van der Waals surface area contributed by atoms with E-state index in [0.29, 0.717) is 11.3 Å². The summed E-state index contributed by atoms with van der Waals surface area (Å²) < 4.78 is 0. The summed E-state index contributed by atoms with van der Waals surface area (Å²) >= 11 is 0. The Morgan fingerprint density at radius 2 is 2.14 bits per heavy atom. The van der Waals surface area contributed by atoms with Crippen molar-refractivity contribution in [3.05, 3.63) is 0 Å². The molecule has 0 amide bonds. The van der Waals surface area contributed by atoms with Crippen LogP contribution < -0.4 is 5.73 Å². The van der Waals surface area contributed by atoms with Crippen molar-refractivity contribution in [2.75, 3.05) is 6.54 Å². The highest BCUT2D eigenvalue weighted by Crippen LogP contribution is 2.56. The number of fused-ring (bicyclic) bond motifs is 1. The maximum absolute atomic E-state index is 9.89. The van der Waals surface area contributed by atoms with E-state index in [2.05, 4.69) is 13.8 Å². The van der Waals surface area contributed by atoms with Crippen LogP contribution in [0.25, 0.3) is 0 Å². The highest BCUT2D eigenvalue weighted by molar-refractivity contribution is 5.01. The lowest BCUT2D eigenvalue weighted by atomic mass is 9.61. The molecule has 0 radical (unpaired) electrons. The fourth-order valence-corrected chi connectivity index (χ4v) is 3.95. The first-order valence-corrected chi connectivity index (χ1v) is 5.96. The van der Waals surface area contributed by atoms with Crippen molar-refractivity contribution in [2.45, 2.75) is 45.6 Å². The fraction of sp³-hybridized carbons (Fsp3) is 1.00. The molecule has 0 saturated heterocycles. The zero-order valence-electron chi connectivity index (χ0n) is 9.37. The normalized spacial score (nSPS) is 53.1. The SMILES string of the molecule is CC1CC[C@H]2[C@H](CN)CC(O)C[C@]12C. The molecular weight excluding hydrogens is 174 g/mol. The molecule has 0 heterocycles. The molecule has 0 aromatic rings. The van der Waals surface area contributed by atoms with Gasteiger partial charge in [0.15, 0.2) is 0 Å². The molecule has 2 aliphatic carbocycles. The minimum atomic E-state index is -0.106. The molecule has 3 N–H and O–H groups in total. The van der Waals surface area contributed by atoms with E-state index in [9.17, 15) is 5.11 Å². The van der Waals surface area contributed by atoms with Crippen LogP contribution in [0.5, 0.6) is 0 Å². The Morgan fingerprint density at radius 3 is 2.79 bits per heavy atom. The van der Waals surface area contributed by atoms with Crippen LogP contribution in [0.15, 0.2) is 0 Å². The number of aliphatic hydroxyl groups excluding tert-OH is 1. The van der Waals surface area contributed by atoms with Crippen LogP contribution in [0.2, 0.25) is 0 Å². The molecule has 0 aromatic carbocycles. The number of hydrogen-bond acceptors (Lipinski definition) is 2. The van der Waals surface area contributed by atoms with Crippen molar-refractivity contribution in [3.63, 3.8) is 0 Å². The Labute approximate surface area is 86.9 Å². The first-order chi connectivity index (χ1) is 6.58. The van der Waals surface area contributed by atoms with Gasteiger partial charge in [-0.3, -0.25) is 0 Å². The van der Waals surface area contributed by atoms with Crippen LogP contribution in [0.3, 0.4) is 0 Å². The second kappa shape index (κ2) is 3.49. The summed E-state index contributed by atoms with van der Waals surface area (Å²) in [6.07, 6.45) is 4.47. The zero-order chi connectivity index (χ0) is 10.3. The van der Waals surface area contributed by atoms with Gasteiger partial charge in [0.05, 0.1) is 6.10 Å². The Kier molecular flexibility index (Phi) is 2.61. The number of nitrogens with two attached hydrogens (primary N) is 1. The smallest absolute Gasteiger partial charge is 0.0548 e. The molecule has 2 nitrogen and oxygen atoms in total. The van der Waals surface area contributed by atoms with E-state index < -0.39 is 0 Å². The first kappa shape index (κ1) is 10.4. The molecule has 82 valence electrons. The number of hydrogen-bond donors (Lipinski definition) is 2. The van der Waals surface area contributed by atoms with Crippen LogP contribution in [0, 0.1) is 23.2 Å². The Bertz CT molecular complexity index is 218. The third-order valence-electron chi connectivity index (χ3n) is 5.01. The fourth-order valence-electron chi connectivity index (χ4n) is 3.95. The van der Waals surface area contributed by atoms with Gasteiger partial charge in [0.1, 0.15) is 0 Å². The topological polar surface area (TPSA) is 46.2 Å². The van der Waals surface area contributed by atoms with Crippen molar-refractivity contribution in [1.29, 1.82) is 0 Å². The van der Waals surface area contributed by atoms with Gasteiger partial charge in [-0.15, -0.1) is 0 Å². The second-order valence-electron chi connectivity index (χ2n) is 5.68. The Morgan fingerprint density at radius 1 is 1.43 bits per heavy atom. The molecule has 2 aliphatic rings. The van der Waals surface area contributed by atoms with Crippen molar-refractivity contribution in [3.8, 4) is 0 Å². The van der Waals surface area contributed by atoms with Gasteiger partial charge < -0.3 is 10.8 Å². The van der Waals surface area contributed by atoms with E-state index >= 15 is 0 Å². The lowest BCUT2D eigenvalue weighted by Gasteiger charge is -2.46. The molecule has 2 unspecified atom stereocenters. The van der Waals surface area contributed by atoms with Gasteiger partial charge in [-0.1, -0.05) is 13.8 Å². The maximum atomic E-state index is 9.89. The van der Waals surface area contributed by atoms with Gasteiger partial charge in [0.25, 0.3) is 0 Å². The van der Waals surface area contributed by atoms with E-state index in [1.165, 1.54) is 12.8 Å². The quantitative estimate of drug-likeness (QED) is 0.673. The van der Waals surface area contributed by atoms with Gasteiger partial charge >= 0.3 is 0 Å². The van der Waals surface area contributed by atoms with Crippen LogP contribution in [-0.2, 0) is 0 Å². The van der Waals surface area contributed by atoms with Gasteiger partial charge in [-0.05, 0) is 55.4 Å². The maximum Gasteiger partial charge on any atom is 0.0548 e. The third-order valence-corrected chi connectivity index (χ3v) is 5.01. The summed E-state index contributed by atoms with van der Waals surface area (Å²) in [5.41, 5.74) is 6.18. The van der Waals surface area contributed by atoms with Crippen molar-refractivity contribution in [1.82, 2.24) is 0 Å². The molecule has 0 bridgehead atoms. The third kappa shape index (κ3) is 1.40. The van der Waals surface area contributed by atoms with E-state index in [1.54, 1.807) is 0 Å². The van der Waals surface area contributed by atoms with Crippen LogP contribution in [-0.4, -0.2) is 17.8 Å². The minimum Gasteiger partial charge on any atom is -0.393 e. The van der Waals surface area contributed by atoms with Gasteiger partial charge in [0.2, 0.25) is 0 Å². The Balaban J connectivity index is 2.21. The summed E-state index contributed by atoms with van der Waals surface area (Å²) in [7, 11) is 0. The zero-order valence-corrected chi connectivity index (χ0v) is 9.37. The molecule has 14 heavy (non-hydrogen) atoms. The van der Waals surface area contributed by atoms with Gasteiger partial charge in [-0.25, -0.2) is 0 Å². The summed E-state index contributed by atoms with van der Waals surface area (Å²) in [6, 6.07) is 0. The molecule has 0 spiro atoms. The first-order valence-electron chi connectivity index (χ1n) is 5.96. The summed E-state index contributed by atoms with van der Waals surface area (Å²) in [6.45, 7) is 5.45.